The molecule has 166 valence electrons. The average molecular weight is 445 g/mol. The Bertz CT molecular complexity index is 1060. The van der Waals surface area contributed by atoms with Gasteiger partial charge in [-0.25, -0.2) is 8.42 Å². The summed E-state index contributed by atoms with van der Waals surface area (Å²) < 4.78 is 33.3. The highest BCUT2D eigenvalue weighted by Gasteiger charge is 2.34. The smallest absolute Gasteiger partial charge is 0.314 e. The number of carbonyl (C=O) groups is 2. The van der Waals surface area contributed by atoms with Crippen LogP contribution in [0.1, 0.15) is 36.5 Å². The Morgan fingerprint density at radius 1 is 1.00 bits per heavy atom. The molecule has 0 aromatic heterocycles. The van der Waals surface area contributed by atoms with E-state index in [4.69, 9.17) is 4.74 Å². The molecular formula is C23H28N2O5S. The van der Waals surface area contributed by atoms with Gasteiger partial charge in [0.2, 0.25) is 15.9 Å². The van der Waals surface area contributed by atoms with Gasteiger partial charge in [-0.05, 0) is 69.0 Å². The number of piperidine rings is 1. The predicted octanol–water partition coefficient (Wildman–Crippen LogP) is 3.58. The predicted molar refractivity (Wildman–Crippen MR) is 119 cm³/mol. The summed E-state index contributed by atoms with van der Waals surface area (Å²) in [5.74, 6) is -0.517. The number of hydrogen-bond donors (Lipinski definition) is 1. The number of aryl methyl sites for hydroxylation is 3. The second-order valence-corrected chi connectivity index (χ2v) is 9.91. The number of hydrogen-bond acceptors (Lipinski definition) is 5. The summed E-state index contributed by atoms with van der Waals surface area (Å²) in [4.78, 5) is 24.0. The van der Waals surface area contributed by atoms with E-state index in [1.54, 1.807) is 24.3 Å². The van der Waals surface area contributed by atoms with E-state index in [9.17, 15) is 18.0 Å². The van der Waals surface area contributed by atoms with Crippen molar-refractivity contribution in [3.63, 3.8) is 0 Å². The first-order valence-corrected chi connectivity index (χ1v) is 11.7. The normalized spacial score (nSPS) is 15.5. The van der Waals surface area contributed by atoms with Gasteiger partial charge in [-0.1, -0.05) is 17.7 Å². The fraction of sp³-hybridized carbons (Fsp3) is 0.391. The molecule has 1 heterocycles. The van der Waals surface area contributed by atoms with Crippen LogP contribution in [0.3, 0.4) is 0 Å². The van der Waals surface area contributed by atoms with Gasteiger partial charge in [-0.15, -0.1) is 0 Å². The molecule has 0 saturated carbocycles. The molecule has 0 atom stereocenters. The monoisotopic (exact) mass is 444 g/mol. The summed E-state index contributed by atoms with van der Waals surface area (Å²) in [7, 11) is -3.62. The van der Waals surface area contributed by atoms with Crippen molar-refractivity contribution >= 4 is 27.6 Å². The standard InChI is InChI=1S/C23H28N2O5S/c1-15-13-16(2)22(17(3)14-15)31(28,29)25-11-9-19(10-12-25)23(27)30-21-7-5-20(6-8-21)24-18(4)26/h5-8,13-14,19H,9-12H2,1-4H3,(H,24,26). The minimum absolute atomic E-state index is 0.178. The van der Waals surface area contributed by atoms with Gasteiger partial charge in [-0.2, -0.15) is 4.31 Å². The zero-order valence-electron chi connectivity index (χ0n) is 18.3. The molecule has 1 aliphatic heterocycles. The fourth-order valence-electron chi connectivity index (χ4n) is 4.04. The van der Waals surface area contributed by atoms with Crippen molar-refractivity contribution in [1.29, 1.82) is 0 Å². The summed E-state index contributed by atoms with van der Waals surface area (Å²) in [5.41, 5.74) is 3.12. The number of esters is 1. The third-order valence-corrected chi connectivity index (χ3v) is 7.59. The van der Waals surface area contributed by atoms with E-state index in [0.29, 0.717) is 29.2 Å². The Kier molecular flexibility index (Phi) is 6.81. The van der Waals surface area contributed by atoms with Crippen molar-refractivity contribution < 1.29 is 22.7 Å². The number of ether oxygens (including phenoxy) is 1. The Balaban J connectivity index is 1.62. The topological polar surface area (TPSA) is 92.8 Å². The molecule has 0 spiro atoms. The Hall–Kier alpha value is -2.71. The minimum atomic E-state index is -3.62. The molecule has 1 aliphatic rings. The van der Waals surface area contributed by atoms with Crippen LogP contribution >= 0.6 is 0 Å². The molecule has 1 N–H and O–H groups in total. The number of benzene rings is 2. The highest BCUT2D eigenvalue weighted by molar-refractivity contribution is 7.89. The maximum absolute atomic E-state index is 13.2. The lowest BCUT2D eigenvalue weighted by Gasteiger charge is -2.31. The number of amides is 1. The average Bonchev–Trinajstić information content (AvgIpc) is 2.68. The fourth-order valence-corrected chi connectivity index (χ4v) is 5.93. The highest BCUT2D eigenvalue weighted by Crippen LogP contribution is 2.29. The minimum Gasteiger partial charge on any atom is -0.426 e. The van der Waals surface area contributed by atoms with Crippen LogP contribution in [0.25, 0.3) is 0 Å². The second-order valence-electron chi connectivity index (χ2n) is 8.03. The molecule has 2 aromatic rings. The maximum atomic E-state index is 13.2. The first kappa shape index (κ1) is 23.0. The lowest BCUT2D eigenvalue weighted by Crippen LogP contribution is -2.41. The summed E-state index contributed by atoms with van der Waals surface area (Å²) >= 11 is 0. The van der Waals surface area contributed by atoms with Gasteiger partial charge in [-0.3, -0.25) is 9.59 Å². The molecule has 31 heavy (non-hydrogen) atoms. The molecule has 0 bridgehead atoms. The second kappa shape index (κ2) is 9.20. The number of nitrogens with one attached hydrogen (secondary N) is 1. The summed E-state index contributed by atoms with van der Waals surface area (Å²) in [6.45, 7) is 7.54. The van der Waals surface area contributed by atoms with Crippen molar-refractivity contribution in [3.8, 4) is 5.75 Å². The van der Waals surface area contributed by atoms with Crippen LogP contribution in [0.4, 0.5) is 5.69 Å². The van der Waals surface area contributed by atoms with E-state index in [-0.39, 0.29) is 30.9 Å². The van der Waals surface area contributed by atoms with Gasteiger partial charge in [0.15, 0.2) is 0 Å². The van der Waals surface area contributed by atoms with Crippen LogP contribution in [0, 0.1) is 26.7 Å². The molecule has 8 heteroatoms. The van der Waals surface area contributed by atoms with Crippen LogP contribution in [0.5, 0.6) is 5.75 Å². The first-order chi connectivity index (χ1) is 14.6. The van der Waals surface area contributed by atoms with Gasteiger partial charge in [0.25, 0.3) is 0 Å². The number of rotatable bonds is 5. The van der Waals surface area contributed by atoms with Crippen molar-refractivity contribution in [2.45, 2.75) is 45.4 Å². The third-order valence-electron chi connectivity index (χ3n) is 5.38. The van der Waals surface area contributed by atoms with Crippen molar-refractivity contribution in [2.75, 3.05) is 18.4 Å². The van der Waals surface area contributed by atoms with E-state index in [0.717, 1.165) is 16.7 Å². The molecule has 1 fully saturated rings. The Morgan fingerprint density at radius 2 is 1.55 bits per heavy atom. The molecule has 7 nitrogen and oxygen atoms in total. The molecular weight excluding hydrogens is 416 g/mol. The number of nitrogens with zero attached hydrogens (tertiary/aromatic N) is 1. The van der Waals surface area contributed by atoms with Crippen LogP contribution < -0.4 is 10.1 Å². The lowest BCUT2D eigenvalue weighted by molar-refractivity contribution is -0.140. The lowest BCUT2D eigenvalue weighted by atomic mass is 9.98. The summed E-state index contributed by atoms with van der Waals surface area (Å²) in [6, 6.07) is 10.3. The van der Waals surface area contributed by atoms with E-state index < -0.39 is 10.0 Å². The molecule has 3 rings (SSSR count). The van der Waals surface area contributed by atoms with Crippen molar-refractivity contribution in [3.05, 3.63) is 53.1 Å². The SMILES string of the molecule is CC(=O)Nc1ccc(OC(=O)C2CCN(S(=O)(=O)c3c(C)cc(C)cc3C)CC2)cc1. The van der Waals surface area contributed by atoms with E-state index >= 15 is 0 Å². The largest absolute Gasteiger partial charge is 0.426 e. The highest BCUT2D eigenvalue weighted by atomic mass is 32.2. The molecule has 1 amide bonds. The van der Waals surface area contributed by atoms with E-state index in [1.807, 2.05) is 32.9 Å². The number of carbonyl (C=O) groups excluding carboxylic acids is 2. The molecule has 1 saturated heterocycles. The third kappa shape index (κ3) is 5.32. The van der Waals surface area contributed by atoms with Crippen LogP contribution in [0.2, 0.25) is 0 Å². The van der Waals surface area contributed by atoms with Gasteiger partial charge in [0.05, 0.1) is 10.8 Å². The van der Waals surface area contributed by atoms with Crippen LogP contribution in [0.15, 0.2) is 41.3 Å². The number of anilines is 1. The molecule has 0 radical (unpaired) electrons. The van der Waals surface area contributed by atoms with Gasteiger partial charge in [0, 0.05) is 25.7 Å². The maximum Gasteiger partial charge on any atom is 0.314 e. The first-order valence-electron chi connectivity index (χ1n) is 10.3. The van der Waals surface area contributed by atoms with Crippen molar-refractivity contribution in [1.82, 2.24) is 4.31 Å². The summed E-state index contributed by atoms with van der Waals surface area (Å²) in [6.07, 6.45) is 0.817. The Labute approximate surface area is 183 Å². The van der Waals surface area contributed by atoms with E-state index in [2.05, 4.69) is 5.32 Å². The quantitative estimate of drug-likeness (QED) is 0.562. The zero-order valence-corrected chi connectivity index (χ0v) is 19.1. The number of sulfonamides is 1. The molecule has 0 aliphatic carbocycles. The molecule has 2 aromatic carbocycles. The Morgan fingerprint density at radius 3 is 2.06 bits per heavy atom. The molecule has 0 unspecified atom stereocenters. The van der Waals surface area contributed by atoms with Gasteiger partial charge >= 0.3 is 5.97 Å². The van der Waals surface area contributed by atoms with Crippen molar-refractivity contribution in [2.24, 2.45) is 5.92 Å². The van der Waals surface area contributed by atoms with Gasteiger partial charge in [0.1, 0.15) is 5.75 Å². The van der Waals surface area contributed by atoms with Crippen LogP contribution in [-0.4, -0.2) is 37.7 Å². The van der Waals surface area contributed by atoms with Crippen LogP contribution in [-0.2, 0) is 19.6 Å². The summed E-state index contributed by atoms with van der Waals surface area (Å²) in [5, 5.41) is 2.65. The zero-order chi connectivity index (χ0) is 22.8. The van der Waals surface area contributed by atoms with Gasteiger partial charge < -0.3 is 10.1 Å². The van der Waals surface area contributed by atoms with E-state index in [1.165, 1.54) is 11.2 Å².